The van der Waals surface area contributed by atoms with Gasteiger partial charge in [-0.1, -0.05) is 12.1 Å². The molecule has 0 fully saturated rings. The lowest BCUT2D eigenvalue weighted by atomic mass is 10.3. The van der Waals surface area contributed by atoms with Crippen LogP contribution in [0.3, 0.4) is 0 Å². The normalized spacial score (nSPS) is 14.4. The van der Waals surface area contributed by atoms with Crippen LogP contribution in [0.5, 0.6) is 0 Å². The van der Waals surface area contributed by atoms with Gasteiger partial charge in [-0.3, -0.25) is 10.3 Å². The molecule has 2 aromatic heterocycles. The SMILES string of the molecule is C=NC(=O)N/C(NCc1ncccc1F)=C1\COC(CCNCCc2nc3ccccc3[nH]2)=N1. The molecule has 11 heteroatoms. The summed E-state index contributed by atoms with van der Waals surface area (Å²) in [4.78, 5) is 31.4. The zero-order chi connectivity index (χ0) is 23.8. The Balaban J connectivity index is 1.30. The lowest BCUT2D eigenvalue weighted by Crippen LogP contribution is -2.31. The summed E-state index contributed by atoms with van der Waals surface area (Å²) in [6.07, 6.45) is 2.83. The Hall–Kier alpha value is -4.12. The Kier molecular flexibility index (Phi) is 7.56. The van der Waals surface area contributed by atoms with Crippen LogP contribution in [0.2, 0.25) is 0 Å². The van der Waals surface area contributed by atoms with E-state index in [4.69, 9.17) is 4.74 Å². The van der Waals surface area contributed by atoms with Crippen LogP contribution >= 0.6 is 0 Å². The Labute approximate surface area is 195 Å². The summed E-state index contributed by atoms with van der Waals surface area (Å²) in [5.41, 5.74) is 2.67. The van der Waals surface area contributed by atoms with Crippen LogP contribution in [0.4, 0.5) is 9.18 Å². The second-order valence-corrected chi connectivity index (χ2v) is 7.44. The zero-order valence-electron chi connectivity index (χ0n) is 18.5. The van der Waals surface area contributed by atoms with E-state index in [0.29, 0.717) is 24.6 Å². The molecule has 0 radical (unpaired) electrons. The van der Waals surface area contributed by atoms with Crippen molar-refractivity contribution in [1.29, 1.82) is 0 Å². The number of carbonyl (C=O) groups excluding carboxylic acids is 1. The van der Waals surface area contributed by atoms with Crippen molar-refractivity contribution in [2.75, 3.05) is 19.7 Å². The number of para-hydroxylation sites is 2. The number of aromatic amines is 1. The summed E-state index contributed by atoms with van der Waals surface area (Å²) < 4.78 is 19.5. The first-order valence-corrected chi connectivity index (χ1v) is 10.8. The third kappa shape index (κ3) is 6.01. The smallest absolute Gasteiger partial charge is 0.345 e. The van der Waals surface area contributed by atoms with Gasteiger partial charge in [0.15, 0.2) is 5.90 Å². The minimum atomic E-state index is -0.660. The van der Waals surface area contributed by atoms with Gasteiger partial charge in [0.1, 0.15) is 29.8 Å². The van der Waals surface area contributed by atoms with Gasteiger partial charge in [0.25, 0.3) is 0 Å². The van der Waals surface area contributed by atoms with Gasteiger partial charge in [0, 0.05) is 32.1 Å². The summed E-state index contributed by atoms with van der Waals surface area (Å²) in [7, 11) is 0. The predicted octanol–water partition coefficient (Wildman–Crippen LogP) is 2.42. The number of amides is 2. The average molecular weight is 465 g/mol. The third-order valence-corrected chi connectivity index (χ3v) is 5.06. The van der Waals surface area contributed by atoms with Crippen molar-refractivity contribution in [3.8, 4) is 0 Å². The lowest BCUT2D eigenvalue weighted by Gasteiger charge is -2.12. The maximum atomic E-state index is 13.9. The molecule has 3 heterocycles. The Morgan fingerprint density at radius 1 is 1.21 bits per heavy atom. The van der Waals surface area contributed by atoms with E-state index >= 15 is 0 Å². The number of aliphatic imine (C=N–C) groups is 2. The molecule has 4 N–H and O–H groups in total. The maximum Gasteiger partial charge on any atom is 0.345 e. The number of rotatable bonds is 10. The number of nitrogens with one attached hydrogen (secondary N) is 4. The van der Waals surface area contributed by atoms with Crippen molar-refractivity contribution in [3.63, 3.8) is 0 Å². The molecule has 10 nitrogen and oxygen atoms in total. The van der Waals surface area contributed by atoms with Crippen molar-refractivity contribution >= 4 is 29.7 Å². The third-order valence-electron chi connectivity index (χ3n) is 5.06. The Morgan fingerprint density at radius 3 is 2.88 bits per heavy atom. The van der Waals surface area contributed by atoms with Crippen LogP contribution in [0, 0.1) is 5.82 Å². The molecule has 0 spiro atoms. The maximum absolute atomic E-state index is 13.9. The number of H-pyrrole nitrogens is 1. The van der Waals surface area contributed by atoms with Crippen LogP contribution in [0.15, 0.2) is 64.1 Å². The Bertz CT molecular complexity index is 1200. The first-order valence-electron chi connectivity index (χ1n) is 10.8. The number of fused-ring (bicyclic) bond motifs is 1. The van der Waals surface area contributed by atoms with E-state index in [-0.39, 0.29) is 24.7 Å². The van der Waals surface area contributed by atoms with E-state index in [2.05, 4.69) is 47.6 Å². The van der Waals surface area contributed by atoms with Gasteiger partial charge in [0.2, 0.25) is 0 Å². The fourth-order valence-corrected chi connectivity index (χ4v) is 3.36. The van der Waals surface area contributed by atoms with Crippen LogP contribution in [-0.2, 0) is 17.7 Å². The van der Waals surface area contributed by atoms with Gasteiger partial charge in [-0.15, -0.1) is 0 Å². The quantitative estimate of drug-likeness (QED) is 0.269. The minimum Gasteiger partial charge on any atom is -0.474 e. The van der Waals surface area contributed by atoms with Crippen LogP contribution in [-0.4, -0.2) is 53.3 Å². The summed E-state index contributed by atoms with van der Waals surface area (Å²) >= 11 is 0. The molecule has 0 saturated heterocycles. The van der Waals surface area contributed by atoms with Crippen molar-refractivity contribution in [1.82, 2.24) is 30.9 Å². The molecule has 0 aliphatic carbocycles. The van der Waals surface area contributed by atoms with Crippen LogP contribution < -0.4 is 16.0 Å². The highest BCUT2D eigenvalue weighted by Crippen LogP contribution is 2.14. The second-order valence-electron chi connectivity index (χ2n) is 7.44. The van der Waals surface area contributed by atoms with Crippen LogP contribution in [0.1, 0.15) is 17.9 Å². The van der Waals surface area contributed by atoms with Crippen molar-refractivity contribution < 1.29 is 13.9 Å². The summed E-state index contributed by atoms with van der Waals surface area (Å²) in [5.74, 6) is 1.29. The van der Waals surface area contributed by atoms with Crippen molar-refractivity contribution in [2.45, 2.75) is 19.4 Å². The number of hydrogen-bond donors (Lipinski definition) is 4. The molecule has 1 aliphatic heterocycles. The molecule has 0 unspecified atom stereocenters. The van der Waals surface area contributed by atoms with Gasteiger partial charge in [-0.25, -0.2) is 24.2 Å². The van der Waals surface area contributed by atoms with E-state index in [0.717, 1.165) is 29.8 Å². The lowest BCUT2D eigenvalue weighted by molar-refractivity contribution is 0.250. The highest BCUT2D eigenvalue weighted by atomic mass is 19.1. The largest absolute Gasteiger partial charge is 0.474 e. The van der Waals surface area contributed by atoms with Crippen molar-refractivity contribution in [2.24, 2.45) is 9.98 Å². The number of aromatic nitrogens is 3. The first kappa shape index (κ1) is 23.1. The average Bonchev–Trinajstić information content (AvgIpc) is 3.49. The number of carbonyl (C=O) groups is 1. The van der Waals surface area contributed by atoms with E-state index < -0.39 is 11.8 Å². The Morgan fingerprint density at radius 2 is 2.06 bits per heavy atom. The van der Waals surface area contributed by atoms with E-state index in [9.17, 15) is 9.18 Å². The second kappa shape index (κ2) is 11.1. The topological polar surface area (TPSA) is 129 Å². The number of nitrogens with zero attached hydrogens (tertiary/aromatic N) is 4. The predicted molar refractivity (Wildman–Crippen MR) is 127 cm³/mol. The fraction of sp³-hybridized carbons (Fsp3) is 0.261. The molecule has 3 aromatic rings. The van der Waals surface area contributed by atoms with Crippen molar-refractivity contribution in [3.05, 3.63) is 71.4 Å². The first-order chi connectivity index (χ1) is 16.6. The summed E-state index contributed by atoms with van der Waals surface area (Å²) in [6.45, 7) is 4.84. The number of benzene rings is 1. The number of pyridine rings is 1. The van der Waals surface area contributed by atoms with Gasteiger partial charge >= 0.3 is 6.03 Å². The number of urea groups is 1. The van der Waals surface area contributed by atoms with E-state index in [1.54, 1.807) is 0 Å². The van der Waals surface area contributed by atoms with E-state index in [1.165, 1.54) is 18.3 Å². The molecule has 2 amide bonds. The number of hydrogen-bond acceptors (Lipinski definition) is 7. The van der Waals surface area contributed by atoms with Crippen LogP contribution in [0.25, 0.3) is 11.0 Å². The van der Waals surface area contributed by atoms with E-state index in [1.807, 2.05) is 24.3 Å². The molecule has 34 heavy (non-hydrogen) atoms. The van der Waals surface area contributed by atoms with Gasteiger partial charge in [-0.2, -0.15) is 0 Å². The molecule has 4 rings (SSSR count). The molecular weight excluding hydrogens is 439 g/mol. The van der Waals surface area contributed by atoms with Gasteiger partial charge in [-0.05, 0) is 31.0 Å². The molecule has 0 atom stereocenters. The minimum absolute atomic E-state index is 0.0527. The zero-order valence-corrected chi connectivity index (χ0v) is 18.5. The number of imidazole rings is 1. The number of halogens is 1. The number of ether oxygens (including phenoxy) is 1. The standard InChI is InChI=1S/C23H25FN8O2/c1-25-23(33)32-22(28-13-18-15(24)5-4-10-27-18)19-14-34-21(31-19)9-12-26-11-8-20-29-16-6-2-3-7-17(16)30-20/h2-7,10,26,28H,1,8-9,11-14H2,(H,29,30)(H,32,33)/b22-19+. The van der Waals surface area contributed by atoms with Gasteiger partial charge < -0.3 is 20.4 Å². The highest BCUT2D eigenvalue weighted by Gasteiger charge is 2.18. The molecule has 1 aliphatic rings. The molecule has 0 saturated carbocycles. The molecule has 176 valence electrons. The summed E-state index contributed by atoms with van der Waals surface area (Å²) in [6, 6.07) is 10.1. The molecular formula is C23H25FN8O2. The van der Waals surface area contributed by atoms with Gasteiger partial charge in [0.05, 0.1) is 23.3 Å². The molecule has 1 aromatic carbocycles. The highest BCUT2D eigenvalue weighted by molar-refractivity contribution is 5.82. The molecule has 0 bridgehead atoms. The fourth-order valence-electron chi connectivity index (χ4n) is 3.36. The monoisotopic (exact) mass is 464 g/mol. The summed E-state index contributed by atoms with van der Waals surface area (Å²) in [5, 5.41) is 8.86.